The van der Waals surface area contributed by atoms with Crippen LogP contribution in [-0.4, -0.2) is 77.2 Å². The van der Waals surface area contributed by atoms with E-state index in [2.05, 4.69) is 25.4 Å². The lowest BCUT2D eigenvalue weighted by atomic mass is 10.1. The molecule has 42 heavy (non-hydrogen) atoms. The van der Waals surface area contributed by atoms with Crippen molar-refractivity contribution in [3.63, 3.8) is 0 Å². The van der Waals surface area contributed by atoms with Crippen LogP contribution in [0.2, 0.25) is 0 Å². The van der Waals surface area contributed by atoms with Gasteiger partial charge in [0.05, 0.1) is 13.2 Å². The molecule has 2 aliphatic heterocycles. The van der Waals surface area contributed by atoms with Gasteiger partial charge in [-0.15, -0.1) is 10.2 Å². The van der Waals surface area contributed by atoms with E-state index in [0.29, 0.717) is 49.1 Å². The van der Waals surface area contributed by atoms with Crippen LogP contribution in [0.5, 0.6) is 0 Å². The fourth-order valence-corrected chi connectivity index (χ4v) is 4.92. The quantitative estimate of drug-likeness (QED) is 0.385. The SMILES string of the molecule is NC(=O)c1ccc(C2CC2)cc1.NC(=O)c1nnc(N2CCCCC2)nc1Nc1ccc(C(=O)N2CCOCC2)cc1. The van der Waals surface area contributed by atoms with Crippen LogP contribution in [-0.2, 0) is 4.74 Å². The molecule has 3 heterocycles. The van der Waals surface area contributed by atoms with Gasteiger partial charge in [0.2, 0.25) is 11.9 Å². The van der Waals surface area contributed by atoms with Crippen molar-refractivity contribution in [2.45, 2.75) is 38.0 Å². The molecular formula is C30H36N8O4. The molecule has 0 bridgehead atoms. The van der Waals surface area contributed by atoms with Gasteiger partial charge in [-0.05, 0) is 80.0 Å². The Bertz CT molecular complexity index is 1400. The molecule has 2 aromatic carbocycles. The van der Waals surface area contributed by atoms with Gasteiger partial charge < -0.3 is 31.3 Å². The average molecular weight is 573 g/mol. The Morgan fingerprint density at radius 1 is 0.786 bits per heavy atom. The number of rotatable bonds is 7. The van der Waals surface area contributed by atoms with Crippen molar-refractivity contribution in [3.8, 4) is 0 Å². The highest BCUT2D eigenvalue weighted by molar-refractivity contribution is 5.97. The van der Waals surface area contributed by atoms with Crippen LogP contribution in [0.3, 0.4) is 0 Å². The molecule has 220 valence electrons. The van der Waals surface area contributed by atoms with Gasteiger partial charge in [0.25, 0.3) is 11.8 Å². The summed E-state index contributed by atoms with van der Waals surface area (Å²) in [4.78, 5) is 43.4. The summed E-state index contributed by atoms with van der Waals surface area (Å²) in [6.45, 7) is 4.01. The zero-order valence-electron chi connectivity index (χ0n) is 23.5. The Labute approximate surface area is 244 Å². The third kappa shape index (κ3) is 7.38. The van der Waals surface area contributed by atoms with E-state index >= 15 is 0 Å². The molecule has 6 rings (SSSR count). The van der Waals surface area contributed by atoms with Gasteiger partial charge in [-0.1, -0.05) is 12.1 Å². The van der Waals surface area contributed by atoms with Gasteiger partial charge >= 0.3 is 0 Å². The first-order valence-corrected chi connectivity index (χ1v) is 14.3. The number of anilines is 3. The zero-order chi connectivity index (χ0) is 29.5. The Balaban J connectivity index is 0.000000244. The molecule has 0 unspecified atom stereocenters. The summed E-state index contributed by atoms with van der Waals surface area (Å²) in [5.41, 5.74) is 13.7. The molecule has 3 amide bonds. The number of primary amides is 2. The smallest absolute Gasteiger partial charge is 0.273 e. The Kier molecular flexibility index (Phi) is 9.22. The molecule has 1 aliphatic carbocycles. The van der Waals surface area contributed by atoms with E-state index in [9.17, 15) is 14.4 Å². The molecule has 12 heteroatoms. The second-order valence-corrected chi connectivity index (χ2v) is 10.6. The van der Waals surface area contributed by atoms with Crippen LogP contribution >= 0.6 is 0 Å². The number of amides is 3. The maximum Gasteiger partial charge on any atom is 0.273 e. The average Bonchev–Trinajstić information content (AvgIpc) is 3.88. The Hall–Kier alpha value is -4.58. The minimum absolute atomic E-state index is 0.0239. The highest BCUT2D eigenvalue weighted by Gasteiger charge is 2.23. The summed E-state index contributed by atoms with van der Waals surface area (Å²) in [5, 5.41) is 11.2. The number of piperidine rings is 1. The highest BCUT2D eigenvalue weighted by atomic mass is 16.5. The van der Waals surface area contributed by atoms with E-state index in [1.807, 2.05) is 12.1 Å². The number of benzene rings is 2. The van der Waals surface area contributed by atoms with Gasteiger partial charge in [-0.3, -0.25) is 14.4 Å². The number of aromatic nitrogens is 3. The van der Waals surface area contributed by atoms with Crippen molar-refractivity contribution in [1.82, 2.24) is 20.1 Å². The fraction of sp³-hybridized carbons (Fsp3) is 0.400. The number of ether oxygens (including phenoxy) is 1. The first kappa shape index (κ1) is 28.9. The first-order valence-electron chi connectivity index (χ1n) is 14.3. The Morgan fingerprint density at radius 3 is 2.02 bits per heavy atom. The van der Waals surface area contributed by atoms with Gasteiger partial charge in [0.15, 0.2) is 11.5 Å². The molecule has 3 aromatic rings. The van der Waals surface area contributed by atoms with Crippen LogP contribution in [0, 0.1) is 0 Å². The van der Waals surface area contributed by atoms with Crippen molar-refractivity contribution in [2.75, 3.05) is 49.6 Å². The number of hydrogen-bond acceptors (Lipinski definition) is 9. The van der Waals surface area contributed by atoms with E-state index in [0.717, 1.165) is 31.8 Å². The van der Waals surface area contributed by atoms with Crippen molar-refractivity contribution in [3.05, 3.63) is 70.9 Å². The van der Waals surface area contributed by atoms with Crippen molar-refractivity contribution < 1.29 is 19.1 Å². The van der Waals surface area contributed by atoms with E-state index in [-0.39, 0.29) is 23.3 Å². The van der Waals surface area contributed by atoms with Crippen LogP contribution in [0.15, 0.2) is 48.5 Å². The van der Waals surface area contributed by atoms with Crippen molar-refractivity contribution in [2.24, 2.45) is 11.5 Å². The number of carbonyl (C=O) groups is 3. The van der Waals surface area contributed by atoms with E-state index in [1.54, 1.807) is 41.3 Å². The summed E-state index contributed by atoms with van der Waals surface area (Å²) >= 11 is 0. The molecule has 1 saturated carbocycles. The highest BCUT2D eigenvalue weighted by Crippen LogP contribution is 2.39. The molecule has 12 nitrogen and oxygen atoms in total. The molecule has 3 fully saturated rings. The lowest BCUT2D eigenvalue weighted by molar-refractivity contribution is 0.0303. The summed E-state index contributed by atoms with van der Waals surface area (Å²) < 4.78 is 5.29. The minimum Gasteiger partial charge on any atom is -0.378 e. The largest absolute Gasteiger partial charge is 0.378 e. The van der Waals surface area contributed by atoms with Crippen LogP contribution in [0.25, 0.3) is 0 Å². The summed E-state index contributed by atoms with van der Waals surface area (Å²) in [6.07, 6.45) is 5.90. The number of morpholine rings is 1. The topological polar surface area (TPSA) is 170 Å². The molecule has 0 spiro atoms. The fourth-order valence-electron chi connectivity index (χ4n) is 4.92. The zero-order valence-corrected chi connectivity index (χ0v) is 23.5. The monoisotopic (exact) mass is 572 g/mol. The number of hydrogen-bond donors (Lipinski definition) is 3. The number of carbonyl (C=O) groups excluding carboxylic acids is 3. The lowest BCUT2D eigenvalue weighted by Gasteiger charge is -2.27. The van der Waals surface area contributed by atoms with Gasteiger partial charge in [-0.2, -0.15) is 4.98 Å². The second-order valence-electron chi connectivity index (χ2n) is 10.6. The number of nitrogens with two attached hydrogens (primary N) is 2. The van der Waals surface area contributed by atoms with Crippen LogP contribution in [0.4, 0.5) is 17.5 Å². The summed E-state index contributed by atoms with van der Waals surface area (Å²) in [6, 6.07) is 14.6. The molecule has 1 aromatic heterocycles. The Morgan fingerprint density at radius 2 is 1.43 bits per heavy atom. The molecular weight excluding hydrogens is 536 g/mol. The number of nitrogens with zero attached hydrogens (tertiary/aromatic N) is 5. The van der Waals surface area contributed by atoms with E-state index in [1.165, 1.54) is 24.8 Å². The second kappa shape index (κ2) is 13.4. The van der Waals surface area contributed by atoms with Crippen LogP contribution < -0.4 is 21.7 Å². The van der Waals surface area contributed by atoms with E-state index in [4.69, 9.17) is 16.2 Å². The van der Waals surface area contributed by atoms with Crippen molar-refractivity contribution in [1.29, 1.82) is 0 Å². The molecule has 2 saturated heterocycles. The van der Waals surface area contributed by atoms with Gasteiger partial charge in [0.1, 0.15) is 0 Å². The summed E-state index contributed by atoms with van der Waals surface area (Å²) in [5.74, 6) is 0.386. The van der Waals surface area contributed by atoms with Crippen molar-refractivity contribution >= 4 is 35.2 Å². The maximum atomic E-state index is 12.6. The first-order chi connectivity index (χ1) is 20.4. The molecule has 5 N–H and O–H groups in total. The normalized spacial score (nSPS) is 16.7. The van der Waals surface area contributed by atoms with E-state index < -0.39 is 5.91 Å². The maximum absolute atomic E-state index is 12.6. The third-order valence-electron chi connectivity index (χ3n) is 7.48. The van der Waals surface area contributed by atoms with Gasteiger partial charge in [0, 0.05) is 43.0 Å². The van der Waals surface area contributed by atoms with Crippen LogP contribution in [0.1, 0.15) is 74.8 Å². The number of nitrogens with one attached hydrogen (secondary N) is 1. The molecule has 3 aliphatic rings. The standard InChI is InChI=1S/C20H25N7O3.C10H11NO/c21-17(28)16-18(23-20(25-24-16)27-8-2-1-3-9-27)22-15-6-4-14(5-7-15)19(29)26-10-12-30-13-11-26;11-10(12)9-5-3-8(4-6-9)7-1-2-7/h4-7H,1-3,8-13H2,(H2,21,28)(H,22,23,25);3-7H,1-2H2,(H2,11,12). The van der Waals surface area contributed by atoms with Gasteiger partial charge in [-0.25, -0.2) is 0 Å². The molecule has 0 atom stereocenters. The predicted octanol–water partition coefficient (Wildman–Crippen LogP) is 2.84. The third-order valence-corrected chi connectivity index (χ3v) is 7.48. The lowest BCUT2D eigenvalue weighted by Crippen LogP contribution is -2.40. The molecule has 0 radical (unpaired) electrons. The summed E-state index contributed by atoms with van der Waals surface area (Å²) in [7, 11) is 0. The predicted molar refractivity (Wildman–Crippen MR) is 158 cm³/mol. The minimum atomic E-state index is -0.707.